The number of amides is 4. The second-order valence-electron chi connectivity index (χ2n) is 23.7. The molecule has 3 aromatic carbocycles. The standard InChI is InChI=1S/C32H43N3O3.C31H47N3O4/c1-4-5-14-28-32(38-31(37)35(28)23-26-12-7-6-8-13-26)17-21-33(22-18-32)27-15-19-34(20-16-27)30(36)29-24(2)10-9-11-25(29)3;1-4-5-9-27-31(38-30(36)34(27)22-25-12-20-37-21-13-25)14-18-32(19-15-31)26-10-16-33(17-11-26)29(35)28-23(2)7-6-8-24(28)3/h6-13,27-28H,4-5,14-23H2,1-3H3;6-8,25-27H,4-5,9-22H2,1-3H3. The molecule has 3 aromatic rings. The van der Waals surface area contributed by atoms with Gasteiger partial charge in [-0.05, 0) is 113 Å². The molecule has 7 saturated heterocycles. The van der Waals surface area contributed by atoms with Gasteiger partial charge in [0.25, 0.3) is 11.8 Å². The van der Waals surface area contributed by atoms with Crippen LogP contribution >= 0.6 is 0 Å². The summed E-state index contributed by atoms with van der Waals surface area (Å²) in [6, 6.07) is 23.7. The van der Waals surface area contributed by atoms with Gasteiger partial charge in [0.2, 0.25) is 0 Å². The lowest BCUT2D eigenvalue weighted by Crippen LogP contribution is -2.56. The van der Waals surface area contributed by atoms with Crippen LogP contribution in [0.4, 0.5) is 9.59 Å². The number of rotatable bonds is 14. The Morgan fingerprint density at radius 1 is 0.526 bits per heavy atom. The zero-order valence-corrected chi connectivity index (χ0v) is 47.1. The number of unbranched alkanes of at least 4 members (excludes halogenated alkanes) is 2. The van der Waals surface area contributed by atoms with E-state index in [9.17, 15) is 19.2 Å². The lowest BCUT2D eigenvalue weighted by molar-refractivity contribution is -0.0392. The fraction of sp³-hybridized carbons (Fsp3) is 0.651. The largest absolute Gasteiger partial charge is 0.440 e. The maximum atomic E-state index is 13.3. The molecule has 0 radical (unpaired) electrons. The van der Waals surface area contributed by atoms with Crippen LogP contribution < -0.4 is 0 Å². The molecule has 2 spiro atoms. The Balaban J connectivity index is 0.000000186. The van der Waals surface area contributed by atoms with Gasteiger partial charge in [-0.25, -0.2) is 9.59 Å². The molecule has 7 fully saturated rings. The average Bonchev–Trinajstić information content (AvgIpc) is 3.87. The number of likely N-dealkylation sites (tertiary alicyclic amines) is 4. The molecule has 0 N–H and O–H groups in total. The lowest BCUT2D eigenvalue weighted by Gasteiger charge is -2.46. The number of hydrogen-bond donors (Lipinski definition) is 0. The van der Waals surface area contributed by atoms with Crippen LogP contribution in [0.1, 0.15) is 165 Å². The van der Waals surface area contributed by atoms with Crippen LogP contribution in [0.2, 0.25) is 0 Å². The van der Waals surface area contributed by atoms with Crippen LogP contribution in [0.3, 0.4) is 0 Å². The molecule has 2 atom stereocenters. The summed E-state index contributed by atoms with van der Waals surface area (Å²) >= 11 is 0. The third-order valence-corrected chi connectivity index (χ3v) is 18.9. The molecule has 4 amide bonds. The first-order chi connectivity index (χ1) is 36.8. The fourth-order valence-corrected chi connectivity index (χ4v) is 14.3. The molecule has 13 heteroatoms. The number of piperidine rings is 4. The first kappa shape index (κ1) is 55.8. The minimum absolute atomic E-state index is 0.0932. The number of benzene rings is 3. The number of carbonyl (C=O) groups is 4. The first-order valence-corrected chi connectivity index (χ1v) is 29.6. The predicted octanol–water partition coefficient (Wildman–Crippen LogP) is 11.1. The Labute approximate surface area is 454 Å². The van der Waals surface area contributed by atoms with Gasteiger partial charge in [0.15, 0.2) is 0 Å². The molecule has 0 aromatic heterocycles. The maximum Gasteiger partial charge on any atom is 0.411 e. The van der Waals surface area contributed by atoms with Gasteiger partial charge in [0.1, 0.15) is 11.2 Å². The monoisotopic (exact) mass is 1040 g/mol. The third-order valence-electron chi connectivity index (χ3n) is 18.9. The predicted molar refractivity (Wildman–Crippen MR) is 299 cm³/mol. The molecule has 414 valence electrons. The van der Waals surface area contributed by atoms with Crippen LogP contribution in [-0.2, 0) is 20.8 Å². The maximum absolute atomic E-state index is 13.3. The van der Waals surface area contributed by atoms with E-state index in [1.165, 1.54) is 0 Å². The quantitative estimate of drug-likeness (QED) is 0.156. The van der Waals surface area contributed by atoms with Crippen molar-refractivity contribution >= 4 is 24.0 Å². The highest BCUT2D eigenvalue weighted by molar-refractivity contribution is 5.97. The van der Waals surface area contributed by atoms with Crippen LogP contribution in [-0.4, -0.2) is 161 Å². The van der Waals surface area contributed by atoms with Gasteiger partial charge < -0.3 is 28.9 Å². The second kappa shape index (κ2) is 25.2. The Hall–Kier alpha value is -4.98. The molecule has 13 nitrogen and oxygen atoms in total. The van der Waals surface area contributed by atoms with Crippen molar-refractivity contribution in [2.75, 3.05) is 72.1 Å². The molecule has 2 unspecified atom stereocenters. The van der Waals surface area contributed by atoms with E-state index in [0.29, 0.717) is 24.5 Å². The fourth-order valence-electron chi connectivity index (χ4n) is 14.3. The summed E-state index contributed by atoms with van der Waals surface area (Å²) < 4.78 is 18.1. The summed E-state index contributed by atoms with van der Waals surface area (Å²) in [5, 5.41) is 0. The van der Waals surface area contributed by atoms with E-state index in [2.05, 4.69) is 40.7 Å². The summed E-state index contributed by atoms with van der Waals surface area (Å²) in [4.78, 5) is 66.2. The highest BCUT2D eigenvalue weighted by atomic mass is 16.6. The molecule has 76 heavy (non-hydrogen) atoms. The van der Waals surface area contributed by atoms with Gasteiger partial charge in [-0.3, -0.25) is 24.3 Å². The van der Waals surface area contributed by atoms with Crippen molar-refractivity contribution in [1.82, 2.24) is 29.4 Å². The topological polar surface area (TPSA) is 115 Å². The van der Waals surface area contributed by atoms with Crippen LogP contribution in [0.5, 0.6) is 0 Å². The van der Waals surface area contributed by atoms with Crippen molar-refractivity contribution in [1.29, 1.82) is 0 Å². The van der Waals surface area contributed by atoms with E-state index in [-0.39, 0.29) is 47.3 Å². The molecule has 0 saturated carbocycles. The zero-order chi connectivity index (χ0) is 53.4. The molecule has 10 rings (SSSR count). The van der Waals surface area contributed by atoms with Crippen molar-refractivity contribution in [3.8, 4) is 0 Å². The van der Waals surface area contributed by atoms with E-state index in [1.807, 2.05) is 97.0 Å². The van der Waals surface area contributed by atoms with Crippen LogP contribution in [0, 0.1) is 33.6 Å². The molecule has 7 aliphatic heterocycles. The van der Waals surface area contributed by atoms with E-state index >= 15 is 0 Å². The minimum atomic E-state index is -0.378. The summed E-state index contributed by atoms with van der Waals surface area (Å²) in [7, 11) is 0. The minimum Gasteiger partial charge on any atom is -0.440 e. The van der Waals surface area contributed by atoms with Crippen LogP contribution in [0.15, 0.2) is 66.7 Å². The smallest absolute Gasteiger partial charge is 0.411 e. The number of aryl methyl sites for hydroxylation is 4. The first-order valence-electron chi connectivity index (χ1n) is 29.6. The third kappa shape index (κ3) is 12.3. The lowest BCUT2D eigenvalue weighted by atomic mass is 9.80. The average molecular weight is 1040 g/mol. The van der Waals surface area contributed by atoms with Gasteiger partial charge in [0, 0.05) is 128 Å². The van der Waals surface area contributed by atoms with Crippen molar-refractivity contribution in [3.05, 3.63) is 106 Å². The van der Waals surface area contributed by atoms with Crippen molar-refractivity contribution < 1.29 is 33.4 Å². The SMILES string of the molecule is CCCCC1N(CC2CCOCC2)C(=O)OC12CCN(C1CCN(C(=O)c3c(C)cccc3C)CC1)CC2.CCCCC1N(Cc2ccccc2)C(=O)OC12CCN(C1CCN(C(=O)c3c(C)cccc3C)CC1)CC2. The van der Waals surface area contributed by atoms with E-state index in [1.54, 1.807) is 0 Å². The van der Waals surface area contributed by atoms with Crippen molar-refractivity contribution in [2.24, 2.45) is 5.92 Å². The Bertz CT molecular complexity index is 2390. The molecular weight excluding hydrogens is 953 g/mol. The van der Waals surface area contributed by atoms with E-state index in [4.69, 9.17) is 14.2 Å². The molecule has 0 bridgehead atoms. The number of carbonyl (C=O) groups excluding carboxylic acids is 4. The van der Waals surface area contributed by atoms with Gasteiger partial charge in [0.05, 0.1) is 12.1 Å². The molecule has 7 aliphatic rings. The summed E-state index contributed by atoms with van der Waals surface area (Å²) in [6.07, 6.45) is 16.0. The second-order valence-corrected chi connectivity index (χ2v) is 23.7. The zero-order valence-electron chi connectivity index (χ0n) is 47.1. The van der Waals surface area contributed by atoms with Gasteiger partial charge in [-0.15, -0.1) is 0 Å². The van der Waals surface area contributed by atoms with E-state index in [0.717, 1.165) is 214 Å². The van der Waals surface area contributed by atoms with E-state index < -0.39 is 0 Å². The van der Waals surface area contributed by atoms with Gasteiger partial charge in [-0.1, -0.05) is 106 Å². The highest BCUT2D eigenvalue weighted by Crippen LogP contribution is 2.44. The normalized spacial score (nSPS) is 23.7. The molecule has 0 aliphatic carbocycles. The summed E-state index contributed by atoms with van der Waals surface area (Å²) in [5.74, 6) is 0.872. The molecule has 7 heterocycles. The number of nitrogens with zero attached hydrogens (tertiary/aromatic N) is 6. The molecular formula is C63H90N6O7. The van der Waals surface area contributed by atoms with Crippen LogP contribution in [0.25, 0.3) is 0 Å². The summed E-state index contributed by atoms with van der Waals surface area (Å²) in [5.41, 5.74) is 6.42. The summed E-state index contributed by atoms with van der Waals surface area (Å²) in [6.45, 7) is 22.7. The Morgan fingerprint density at radius 2 is 0.934 bits per heavy atom. The van der Waals surface area contributed by atoms with Crippen molar-refractivity contribution in [2.45, 2.75) is 186 Å². The van der Waals surface area contributed by atoms with Gasteiger partial charge >= 0.3 is 12.2 Å². The number of hydrogen-bond acceptors (Lipinski definition) is 9. The van der Waals surface area contributed by atoms with Crippen molar-refractivity contribution in [3.63, 3.8) is 0 Å². The highest BCUT2D eigenvalue weighted by Gasteiger charge is 2.56. The Kier molecular flexibility index (Phi) is 18.5. The number of ether oxygens (including phenoxy) is 3. The van der Waals surface area contributed by atoms with Gasteiger partial charge in [-0.2, -0.15) is 0 Å². The Morgan fingerprint density at radius 3 is 1.36 bits per heavy atom.